The third-order valence-corrected chi connectivity index (χ3v) is 6.87. The lowest BCUT2D eigenvalue weighted by Gasteiger charge is -2.12. The summed E-state index contributed by atoms with van der Waals surface area (Å²) in [6, 6.07) is 28.8. The molecular weight excluding hydrogens is 560 g/mol. The van der Waals surface area contributed by atoms with Gasteiger partial charge in [0.05, 0.1) is 5.75 Å². The predicted molar refractivity (Wildman–Crippen MR) is 163 cm³/mol. The molecule has 0 aromatic heterocycles. The van der Waals surface area contributed by atoms with Crippen molar-refractivity contribution in [1.82, 2.24) is 5.32 Å². The molecule has 4 rings (SSSR count). The Hall–Kier alpha value is -4.86. The van der Waals surface area contributed by atoms with Crippen LogP contribution in [0.1, 0.15) is 26.3 Å². The summed E-state index contributed by atoms with van der Waals surface area (Å²) in [5.74, 6) is -1.55. The van der Waals surface area contributed by atoms with E-state index in [2.05, 4.69) is 16.0 Å². The first kappa shape index (κ1) is 29.1. The Kier molecular flexibility index (Phi) is 9.93. The van der Waals surface area contributed by atoms with Crippen LogP contribution in [0.25, 0.3) is 6.08 Å². The number of primary amides is 1. The van der Waals surface area contributed by atoms with Gasteiger partial charge in [-0.1, -0.05) is 41.9 Å². The molecule has 0 fully saturated rings. The average molecular weight is 585 g/mol. The molecular formula is C31H25ClN4O4S. The molecule has 10 heteroatoms. The molecule has 0 aliphatic carbocycles. The first-order valence-corrected chi connectivity index (χ1v) is 13.7. The van der Waals surface area contributed by atoms with Crippen LogP contribution in [0.4, 0.5) is 11.4 Å². The summed E-state index contributed by atoms with van der Waals surface area (Å²) < 4.78 is 0. The highest BCUT2D eigenvalue weighted by atomic mass is 35.5. The maximum Gasteiger partial charge on any atom is 0.272 e. The summed E-state index contributed by atoms with van der Waals surface area (Å²) in [5, 5.41) is 8.74. The van der Waals surface area contributed by atoms with Gasteiger partial charge in [-0.2, -0.15) is 0 Å². The fourth-order valence-corrected chi connectivity index (χ4v) is 4.50. The molecule has 0 aliphatic rings. The Morgan fingerprint density at radius 1 is 0.756 bits per heavy atom. The molecule has 0 saturated carbocycles. The lowest BCUT2D eigenvalue weighted by molar-refractivity contribution is -0.114. The van der Waals surface area contributed by atoms with Crippen LogP contribution in [-0.2, 0) is 9.59 Å². The van der Waals surface area contributed by atoms with Crippen LogP contribution < -0.4 is 21.7 Å². The molecule has 41 heavy (non-hydrogen) atoms. The van der Waals surface area contributed by atoms with E-state index in [0.29, 0.717) is 33.1 Å². The van der Waals surface area contributed by atoms with E-state index in [1.165, 1.54) is 11.8 Å². The zero-order chi connectivity index (χ0) is 29.2. The Morgan fingerprint density at radius 3 is 2.07 bits per heavy atom. The van der Waals surface area contributed by atoms with E-state index >= 15 is 0 Å². The summed E-state index contributed by atoms with van der Waals surface area (Å²) in [6.07, 6.45) is 1.55. The number of halogens is 1. The van der Waals surface area contributed by atoms with Gasteiger partial charge in [-0.15, -0.1) is 11.8 Å². The van der Waals surface area contributed by atoms with E-state index in [-0.39, 0.29) is 17.4 Å². The summed E-state index contributed by atoms with van der Waals surface area (Å²) >= 11 is 7.42. The van der Waals surface area contributed by atoms with Crippen molar-refractivity contribution in [3.63, 3.8) is 0 Å². The molecule has 0 spiro atoms. The van der Waals surface area contributed by atoms with E-state index in [4.69, 9.17) is 17.3 Å². The average Bonchev–Trinajstić information content (AvgIpc) is 2.97. The Bertz CT molecular complexity index is 1590. The molecule has 0 aliphatic heterocycles. The molecule has 4 aromatic carbocycles. The van der Waals surface area contributed by atoms with Crippen LogP contribution in [0.2, 0.25) is 5.02 Å². The minimum Gasteiger partial charge on any atom is -0.366 e. The highest BCUT2D eigenvalue weighted by Crippen LogP contribution is 2.22. The Morgan fingerprint density at radius 2 is 1.41 bits per heavy atom. The van der Waals surface area contributed by atoms with Crippen molar-refractivity contribution in [3.05, 3.63) is 131 Å². The third kappa shape index (κ3) is 8.82. The fourth-order valence-electron chi connectivity index (χ4n) is 3.60. The second kappa shape index (κ2) is 14.0. The van der Waals surface area contributed by atoms with Crippen molar-refractivity contribution in [2.75, 3.05) is 16.4 Å². The van der Waals surface area contributed by atoms with Gasteiger partial charge in [-0.05, 0) is 84.4 Å². The smallest absolute Gasteiger partial charge is 0.272 e. The first-order chi connectivity index (χ1) is 19.8. The normalized spacial score (nSPS) is 10.9. The number of carbonyl (C=O) groups is 4. The van der Waals surface area contributed by atoms with Crippen LogP contribution >= 0.6 is 23.4 Å². The van der Waals surface area contributed by atoms with E-state index in [1.54, 1.807) is 109 Å². The second-order valence-corrected chi connectivity index (χ2v) is 10.2. The lowest BCUT2D eigenvalue weighted by atomic mass is 10.1. The topological polar surface area (TPSA) is 130 Å². The number of thioether (sulfide) groups is 1. The minimum atomic E-state index is -0.539. The van der Waals surface area contributed by atoms with E-state index < -0.39 is 17.7 Å². The monoisotopic (exact) mass is 584 g/mol. The Labute approximate surface area is 246 Å². The summed E-state index contributed by atoms with van der Waals surface area (Å²) in [5.41, 5.74) is 7.74. The molecule has 4 aromatic rings. The second-order valence-electron chi connectivity index (χ2n) is 8.69. The van der Waals surface area contributed by atoms with Gasteiger partial charge in [0.1, 0.15) is 5.70 Å². The van der Waals surface area contributed by atoms with Crippen molar-refractivity contribution >= 4 is 64.4 Å². The molecule has 5 N–H and O–H groups in total. The molecule has 0 bridgehead atoms. The van der Waals surface area contributed by atoms with E-state index in [0.717, 1.165) is 4.90 Å². The molecule has 0 atom stereocenters. The van der Waals surface area contributed by atoms with E-state index in [1.807, 2.05) is 0 Å². The van der Waals surface area contributed by atoms with Crippen LogP contribution in [0.15, 0.2) is 114 Å². The molecule has 206 valence electrons. The van der Waals surface area contributed by atoms with Gasteiger partial charge < -0.3 is 21.7 Å². The van der Waals surface area contributed by atoms with Crippen LogP contribution in [0, 0.1) is 0 Å². The SMILES string of the molecule is NC(=O)c1ccc(NC(=O)CSc2ccc(NC(=O)/C(=C/c3cccc(Cl)c3)NC(=O)c3ccccc3)cc2)cc1. The molecule has 0 unspecified atom stereocenters. The summed E-state index contributed by atoms with van der Waals surface area (Å²) in [4.78, 5) is 50.3. The standard InChI is InChI=1S/C31H25ClN4O4S/c32-23-8-4-5-20(17-23)18-27(36-30(39)22-6-2-1-3-7-22)31(40)35-25-13-15-26(16-14-25)41-19-28(37)34-24-11-9-21(10-12-24)29(33)38/h1-18H,19H2,(H2,33,38)(H,34,37)(H,35,40)(H,36,39)/b27-18-. The van der Waals surface area contributed by atoms with Gasteiger partial charge in [0, 0.05) is 32.4 Å². The van der Waals surface area contributed by atoms with Crippen LogP contribution in [0.3, 0.4) is 0 Å². The molecule has 0 radical (unpaired) electrons. The number of nitrogens with two attached hydrogens (primary N) is 1. The molecule has 0 saturated heterocycles. The van der Waals surface area contributed by atoms with Crippen molar-refractivity contribution in [2.45, 2.75) is 4.90 Å². The van der Waals surface area contributed by atoms with Gasteiger partial charge in [-0.3, -0.25) is 19.2 Å². The number of hydrogen-bond acceptors (Lipinski definition) is 5. The number of amides is 4. The van der Waals surface area contributed by atoms with Gasteiger partial charge in [0.25, 0.3) is 11.8 Å². The van der Waals surface area contributed by atoms with Gasteiger partial charge in [0.15, 0.2) is 0 Å². The van der Waals surface area contributed by atoms with Gasteiger partial charge in [-0.25, -0.2) is 0 Å². The highest BCUT2D eigenvalue weighted by Gasteiger charge is 2.15. The quantitative estimate of drug-likeness (QED) is 0.143. The highest BCUT2D eigenvalue weighted by molar-refractivity contribution is 8.00. The number of nitrogens with one attached hydrogen (secondary N) is 3. The summed E-state index contributed by atoms with van der Waals surface area (Å²) in [7, 11) is 0. The lowest BCUT2D eigenvalue weighted by Crippen LogP contribution is -2.30. The largest absolute Gasteiger partial charge is 0.366 e. The fraction of sp³-hybridized carbons (Fsp3) is 0.0323. The zero-order valence-corrected chi connectivity index (χ0v) is 23.2. The maximum atomic E-state index is 13.2. The van der Waals surface area contributed by atoms with Gasteiger partial charge >= 0.3 is 0 Å². The first-order valence-electron chi connectivity index (χ1n) is 12.3. The molecule has 0 heterocycles. The van der Waals surface area contributed by atoms with Crippen LogP contribution in [0.5, 0.6) is 0 Å². The van der Waals surface area contributed by atoms with Crippen molar-refractivity contribution in [1.29, 1.82) is 0 Å². The number of benzene rings is 4. The predicted octanol–water partition coefficient (Wildman–Crippen LogP) is 5.58. The van der Waals surface area contributed by atoms with Gasteiger partial charge in [0.2, 0.25) is 11.8 Å². The zero-order valence-electron chi connectivity index (χ0n) is 21.6. The molecule has 8 nitrogen and oxygen atoms in total. The third-order valence-electron chi connectivity index (χ3n) is 5.62. The number of carbonyl (C=O) groups excluding carboxylic acids is 4. The van der Waals surface area contributed by atoms with Crippen molar-refractivity contribution in [2.24, 2.45) is 5.73 Å². The maximum absolute atomic E-state index is 13.2. The Balaban J connectivity index is 1.38. The van der Waals surface area contributed by atoms with E-state index in [9.17, 15) is 19.2 Å². The van der Waals surface area contributed by atoms with Crippen LogP contribution in [-0.4, -0.2) is 29.4 Å². The van der Waals surface area contributed by atoms with Crippen molar-refractivity contribution < 1.29 is 19.2 Å². The summed E-state index contributed by atoms with van der Waals surface area (Å²) in [6.45, 7) is 0. The van der Waals surface area contributed by atoms with Crippen molar-refractivity contribution in [3.8, 4) is 0 Å². The number of rotatable bonds is 10. The minimum absolute atomic E-state index is 0.0418. The molecule has 4 amide bonds. The number of hydrogen-bond donors (Lipinski definition) is 4. The number of anilines is 2.